The molecule has 0 unspecified atom stereocenters. The van der Waals surface area contributed by atoms with Gasteiger partial charge in [0.2, 0.25) is 0 Å². The van der Waals surface area contributed by atoms with Gasteiger partial charge in [0.05, 0.1) is 16.7 Å². The number of hydrogen-bond donors (Lipinski definition) is 0. The average molecular weight is 754 g/mol. The van der Waals surface area contributed by atoms with Crippen LogP contribution in [-0.2, 0) is 0 Å². The molecule has 10 aromatic carbocycles. The number of rotatable bonds is 8. The minimum atomic E-state index is 1.09. The maximum Gasteiger partial charge on any atom is 0.0618 e. The van der Waals surface area contributed by atoms with Crippen molar-refractivity contribution >= 4 is 77.5 Å². The summed E-state index contributed by atoms with van der Waals surface area (Å²) in [4.78, 5) is 4.83. The molecule has 59 heavy (non-hydrogen) atoms. The smallest absolute Gasteiger partial charge is 0.0618 e. The second-order valence-corrected chi connectivity index (χ2v) is 14.9. The monoisotopic (exact) mass is 753 g/mol. The molecule has 0 aliphatic heterocycles. The van der Waals surface area contributed by atoms with E-state index in [-0.39, 0.29) is 0 Å². The van der Waals surface area contributed by atoms with Gasteiger partial charge in [0.1, 0.15) is 0 Å². The van der Waals surface area contributed by atoms with E-state index in [1.54, 1.807) is 0 Å². The predicted octanol–water partition coefficient (Wildman–Crippen LogP) is 15.7. The van der Waals surface area contributed by atoms with E-state index in [1.165, 1.54) is 54.5 Å². The van der Waals surface area contributed by atoms with Crippen LogP contribution in [0.15, 0.2) is 237 Å². The highest BCUT2D eigenvalue weighted by Crippen LogP contribution is 2.50. The number of nitrogens with zero attached hydrogens (tertiary/aromatic N) is 3. The van der Waals surface area contributed by atoms with Gasteiger partial charge in [-0.05, 0) is 107 Å². The lowest BCUT2D eigenvalue weighted by Gasteiger charge is -2.31. The Hall–Kier alpha value is -7.88. The lowest BCUT2D eigenvalue weighted by molar-refractivity contribution is 1.18. The number of hydrogen-bond acceptors (Lipinski definition) is 2. The van der Waals surface area contributed by atoms with E-state index in [1.807, 2.05) is 0 Å². The lowest BCUT2D eigenvalue weighted by atomic mass is 9.89. The molecule has 3 nitrogen and oxygen atoms in total. The van der Waals surface area contributed by atoms with Crippen molar-refractivity contribution in [3.8, 4) is 16.8 Å². The van der Waals surface area contributed by atoms with Crippen LogP contribution in [0.5, 0.6) is 0 Å². The molecule has 0 amide bonds. The molecular weight excluding hydrogens is 715 g/mol. The minimum Gasteiger partial charge on any atom is -0.310 e. The van der Waals surface area contributed by atoms with E-state index < -0.39 is 0 Å². The van der Waals surface area contributed by atoms with E-state index in [2.05, 4.69) is 251 Å². The number of benzene rings is 10. The number of para-hydroxylation sites is 5. The van der Waals surface area contributed by atoms with Crippen LogP contribution in [0.3, 0.4) is 0 Å². The molecule has 11 aromatic rings. The molecule has 0 aliphatic carbocycles. The van der Waals surface area contributed by atoms with Crippen LogP contribution in [0.2, 0.25) is 0 Å². The Bertz CT molecular complexity index is 3210. The largest absolute Gasteiger partial charge is 0.310 e. The Morgan fingerprint density at radius 1 is 0.271 bits per heavy atom. The van der Waals surface area contributed by atoms with Gasteiger partial charge in [-0.2, -0.15) is 0 Å². The molecule has 3 heteroatoms. The van der Waals surface area contributed by atoms with Gasteiger partial charge in [-0.3, -0.25) is 0 Å². The van der Waals surface area contributed by atoms with Gasteiger partial charge < -0.3 is 14.4 Å². The van der Waals surface area contributed by atoms with E-state index in [0.717, 1.165) is 39.8 Å². The van der Waals surface area contributed by atoms with Crippen molar-refractivity contribution < 1.29 is 0 Å². The van der Waals surface area contributed by atoms with Crippen molar-refractivity contribution in [3.05, 3.63) is 237 Å². The Morgan fingerprint density at radius 3 is 1.36 bits per heavy atom. The summed E-state index contributed by atoms with van der Waals surface area (Å²) in [6.45, 7) is 0. The molecule has 0 aliphatic rings. The van der Waals surface area contributed by atoms with E-state index in [4.69, 9.17) is 0 Å². The van der Waals surface area contributed by atoms with Gasteiger partial charge in [0.25, 0.3) is 0 Å². The molecule has 0 spiro atoms. The lowest BCUT2D eigenvalue weighted by Crippen LogP contribution is -2.12. The molecule has 1 heterocycles. The third-order valence-corrected chi connectivity index (χ3v) is 11.5. The first-order chi connectivity index (χ1) is 29.3. The zero-order valence-corrected chi connectivity index (χ0v) is 32.4. The molecule has 0 N–H and O–H groups in total. The van der Waals surface area contributed by atoms with Crippen LogP contribution in [0.4, 0.5) is 34.1 Å². The highest BCUT2D eigenvalue weighted by atomic mass is 15.2. The van der Waals surface area contributed by atoms with Gasteiger partial charge >= 0.3 is 0 Å². The van der Waals surface area contributed by atoms with Gasteiger partial charge in [-0.25, -0.2) is 0 Å². The molecule has 0 bridgehead atoms. The first-order valence-corrected chi connectivity index (χ1v) is 20.2. The maximum atomic E-state index is 2.47. The fraction of sp³-hybridized carbons (Fsp3) is 0. The molecule has 1 aromatic heterocycles. The van der Waals surface area contributed by atoms with E-state index in [0.29, 0.717) is 0 Å². The summed E-state index contributed by atoms with van der Waals surface area (Å²) in [5.74, 6) is 0. The van der Waals surface area contributed by atoms with Crippen molar-refractivity contribution in [2.45, 2.75) is 0 Å². The van der Waals surface area contributed by atoms with Crippen LogP contribution in [0, 0.1) is 0 Å². The van der Waals surface area contributed by atoms with Crippen LogP contribution in [0.1, 0.15) is 0 Å². The third-order valence-electron chi connectivity index (χ3n) is 11.5. The SMILES string of the molecule is c1ccc(-c2c3ccccc3c(N(c3ccccc3)c3ccc4c(c3)c3ccccc3n4-c3ccccc3)c3ccc(N(c4ccccc4)c4ccccc4)cc23)cc1. The first kappa shape index (κ1) is 34.4. The summed E-state index contributed by atoms with van der Waals surface area (Å²) in [6, 6.07) is 85.4. The van der Waals surface area contributed by atoms with Crippen LogP contribution >= 0.6 is 0 Å². The molecule has 11 rings (SSSR count). The zero-order chi connectivity index (χ0) is 39.1. The first-order valence-electron chi connectivity index (χ1n) is 20.2. The average Bonchev–Trinajstić information content (AvgIpc) is 3.64. The van der Waals surface area contributed by atoms with Gasteiger partial charge in [0.15, 0.2) is 0 Å². The number of aromatic nitrogens is 1. The summed E-state index contributed by atoms with van der Waals surface area (Å²) in [5, 5.41) is 7.17. The number of anilines is 6. The Morgan fingerprint density at radius 2 is 0.712 bits per heavy atom. The fourth-order valence-electron chi connectivity index (χ4n) is 8.98. The zero-order valence-electron chi connectivity index (χ0n) is 32.4. The minimum absolute atomic E-state index is 1.09. The summed E-state index contributed by atoms with van der Waals surface area (Å²) < 4.78 is 2.38. The van der Waals surface area contributed by atoms with Gasteiger partial charge in [0, 0.05) is 55.7 Å². The molecule has 0 saturated heterocycles. The normalized spacial score (nSPS) is 11.4. The van der Waals surface area contributed by atoms with E-state index in [9.17, 15) is 0 Å². The van der Waals surface area contributed by atoms with Crippen LogP contribution in [-0.4, -0.2) is 4.57 Å². The van der Waals surface area contributed by atoms with Gasteiger partial charge in [-0.1, -0.05) is 152 Å². The maximum absolute atomic E-state index is 2.47. The highest BCUT2D eigenvalue weighted by Gasteiger charge is 2.25. The van der Waals surface area contributed by atoms with Crippen molar-refractivity contribution in [2.75, 3.05) is 9.80 Å². The standard InChI is InChI=1S/C56H39N3/c1-6-20-40(21-7-1)55-48-31-16-17-32-49(48)56(50-36-34-45(39-52(50)55)57(41-22-8-2-9-23-41)42-24-10-3-11-25-42)58(43-26-12-4-13-27-43)46-35-37-54-51(38-46)47-30-18-19-33-53(47)59(54)44-28-14-5-15-29-44/h1-39H. The van der Waals surface area contributed by atoms with Crippen molar-refractivity contribution in [1.29, 1.82) is 0 Å². The molecular formula is C56H39N3. The molecule has 278 valence electrons. The third kappa shape index (κ3) is 5.91. The van der Waals surface area contributed by atoms with Crippen molar-refractivity contribution in [3.63, 3.8) is 0 Å². The van der Waals surface area contributed by atoms with Crippen LogP contribution in [0.25, 0.3) is 60.2 Å². The van der Waals surface area contributed by atoms with Crippen LogP contribution < -0.4 is 9.80 Å². The summed E-state index contributed by atoms with van der Waals surface area (Å²) >= 11 is 0. The quantitative estimate of drug-likeness (QED) is 0.143. The molecule has 0 radical (unpaired) electrons. The Labute approximate surface area is 343 Å². The molecule has 0 saturated carbocycles. The van der Waals surface area contributed by atoms with Crippen molar-refractivity contribution in [2.24, 2.45) is 0 Å². The molecule has 0 atom stereocenters. The fourth-order valence-corrected chi connectivity index (χ4v) is 8.98. The summed E-state index contributed by atoms with van der Waals surface area (Å²) in [7, 11) is 0. The van der Waals surface area contributed by atoms with Crippen molar-refractivity contribution in [1.82, 2.24) is 4.57 Å². The van der Waals surface area contributed by atoms with E-state index >= 15 is 0 Å². The molecule has 0 fully saturated rings. The second kappa shape index (κ2) is 14.6. The number of fused-ring (bicyclic) bond motifs is 5. The predicted molar refractivity (Wildman–Crippen MR) is 251 cm³/mol. The second-order valence-electron chi connectivity index (χ2n) is 14.9. The van der Waals surface area contributed by atoms with Gasteiger partial charge in [-0.15, -0.1) is 0 Å². The Kier molecular flexibility index (Phi) is 8.49. The summed E-state index contributed by atoms with van der Waals surface area (Å²) in [6.07, 6.45) is 0. The topological polar surface area (TPSA) is 11.4 Å². The highest BCUT2D eigenvalue weighted by molar-refractivity contribution is 6.23. The summed E-state index contributed by atoms with van der Waals surface area (Å²) in [5.41, 5.74) is 12.6. The Balaban J connectivity index is 1.23.